The van der Waals surface area contributed by atoms with E-state index in [1.807, 2.05) is 17.5 Å². The zero-order valence-electron chi connectivity index (χ0n) is 24.3. The topological polar surface area (TPSA) is 87.3 Å². The van der Waals surface area contributed by atoms with Gasteiger partial charge in [-0.2, -0.15) is 13.2 Å². The predicted molar refractivity (Wildman–Crippen MR) is 181 cm³/mol. The Kier molecular flexibility index (Phi) is 10.8. The molecule has 47 heavy (non-hydrogen) atoms. The second kappa shape index (κ2) is 15.2. The first-order chi connectivity index (χ1) is 22.6. The van der Waals surface area contributed by atoms with Gasteiger partial charge in [-0.3, -0.25) is 14.4 Å². The average molecular weight is 692 g/mol. The normalized spacial score (nSPS) is 12.2. The summed E-state index contributed by atoms with van der Waals surface area (Å²) in [7, 11) is 0. The lowest BCUT2D eigenvalue weighted by Crippen LogP contribution is -2.30. The Morgan fingerprint density at radius 2 is 1.53 bits per heavy atom. The fraction of sp³-hybridized carbons (Fsp3) is 0.0571. The molecule has 0 aliphatic heterocycles. The molecule has 0 bridgehead atoms. The van der Waals surface area contributed by atoms with E-state index in [-0.39, 0.29) is 16.4 Å². The van der Waals surface area contributed by atoms with Crippen LogP contribution in [0.1, 0.15) is 31.6 Å². The van der Waals surface area contributed by atoms with Gasteiger partial charge in [0.05, 0.1) is 16.3 Å². The van der Waals surface area contributed by atoms with E-state index in [1.165, 1.54) is 11.3 Å². The predicted octanol–water partition coefficient (Wildman–Crippen LogP) is 9.30. The maximum Gasteiger partial charge on any atom is 0.416 e. The molecule has 0 saturated heterocycles. The number of alkyl halides is 3. The highest BCUT2D eigenvalue weighted by Gasteiger charge is 2.32. The Morgan fingerprint density at radius 3 is 2.21 bits per heavy atom. The van der Waals surface area contributed by atoms with Gasteiger partial charge in [0.15, 0.2) is 0 Å². The minimum atomic E-state index is -4.62. The van der Waals surface area contributed by atoms with Gasteiger partial charge in [0.2, 0.25) is 5.91 Å². The van der Waals surface area contributed by atoms with Gasteiger partial charge < -0.3 is 16.0 Å². The number of nitrogens with one attached hydrogen (secondary N) is 3. The average Bonchev–Trinajstić information content (AvgIpc) is 3.58. The SMILES string of the molecule is O=C(Nc1cccc(SC(C(=O)Nc2cc(C(F)(F)F)ccc2Cl)c2ccccc2)c1)/C(=C/c1cccs1)NC(=O)c1ccccc1. The van der Waals surface area contributed by atoms with E-state index >= 15 is 0 Å². The summed E-state index contributed by atoms with van der Waals surface area (Å²) in [5.41, 5.74) is 0.275. The second-order valence-electron chi connectivity index (χ2n) is 9.97. The molecule has 4 aromatic carbocycles. The fourth-order valence-electron chi connectivity index (χ4n) is 4.34. The van der Waals surface area contributed by atoms with E-state index in [2.05, 4.69) is 16.0 Å². The Hall–Kier alpha value is -4.84. The lowest BCUT2D eigenvalue weighted by atomic mass is 10.1. The van der Waals surface area contributed by atoms with Crippen molar-refractivity contribution in [2.75, 3.05) is 10.6 Å². The van der Waals surface area contributed by atoms with Crippen molar-refractivity contribution in [3.05, 3.63) is 153 Å². The smallest absolute Gasteiger partial charge is 0.323 e. The van der Waals surface area contributed by atoms with Crippen LogP contribution in [0, 0.1) is 0 Å². The Morgan fingerprint density at radius 1 is 0.809 bits per heavy atom. The minimum absolute atomic E-state index is 0.0267. The number of anilines is 2. The molecule has 0 fully saturated rings. The summed E-state index contributed by atoms with van der Waals surface area (Å²) in [5.74, 6) is -1.62. The van der Waals surface area contributed by atoms with Gasteiger partial charge in [-0.25, -0.2) is 0 Å². The first-order valence-corrected chi connectivity index (χ1v) is 16.1. The van der Waals surface area contributed by atoms with Crippen LogP contribution in [0.15, 0.2) is 131 Å². The van der Waals surface area contributed by atoms with E-state index in [9.17, 15) is 27.6 Å². The van der Waals surface area contributed by atoms with Crippen LogP contribution in [-0.4, -0.2) is 17.7 Å². The third kappa shape index (κ3) is 9.13. The number of rotatable bonds is 10. The molecular weight excluding hydrogens is 667 g/mol. The molecule has 3 amide bonds. The number of carbonyl (C=O) groups excluding carboxylic acids is 3. The molecule has 3 N–H and O–H groups in total. The van der Waals surface area contributed by atoms with Gasteiger partial charge in [0.25, 0.3) is 11.8 Å². The van der Waals surface area contributed by atoms with Gasteiger partial charge in [-0.15, -0.1) is 23.1 Å². The molecule has 0 aliphatic rings. The van der Waals surface area contributed by atoms with Crippen molar-refractivity contribution in [3.63, 3.8) is 0 Å². The number of hydrogen-bond donors (Lipinski definition) is 3. The van der Waals surface area contributed by atoms with Crippen LogP contribution in [0.5, 0.6) is 0 Å². The molecule has 1 aromatic heterocycles. The van der Waals surface area contributed by atoms with Gasteiger partial charge in [0, 0.05) is 21.0 Å². The Bertz CT molecular complexity index is 1900. The monoisotopic (exact) mass is 691 g/mol. The van der Waals surface area contributed by atoms with E-state index in [0.29, 0.717) is 21.7 Å². The van der Waals surface area contributed by atoms with Crippen molar-refractivity contribution in [1.82, 2.24) is 5.32 Å². The van der Waals surface area contributed by atoms with E-state index in [0.717, 1.165) is 34.8 Å². The van der Waals surface area contributed by atoms with Crippen LogP contribution in [0.25, 0.3) is 6.08 Å². The Balaban J connectivity index is 1.37. The zero-order chi connectivity index (χ0) is 33.4. The molecule has 0 saturated carbocycles. The number of hydrogen-bond acceptors (Lipinski definition) is 5. The fourth-order valence-corrected chi connectivity index (χ4v) is 6.24. The first-order valence-electron chi connectivity index (χ1n) is 14.0. The summed E-state index contributed by atoms with van der Waals surface area (Å²) in [5, 5.41) is 8.96. The summed E-state index contributed by atoms with van der Waals surface area (Å²) >= 11 is 8.68. The van der Waals surface area contributed by atoms with Crippen LogP contribution in [0.4, 0.5) is 24.5 Å². The second-order valence-corrected chi connectivity index (χ2v) is 12.5. The van der Waals surface area contributed by atoms with Crippen LogP contribution in [-0.2, 0) is 15.8 Å². The van der Waals surface area contributed by atoms with Crippen LogP contribution in [0.3, 0.4) is 0 Å². The maximum atomic E-state index is 13.6. The molecule has 12 heteroatoms. The first kappa shape index (κ1) is 33.5. The minimum Gasteiger partial charge on any atom is -0.323 e. The summed E-state index contributed by atoms with van der Waals surface area (Å²) in [4.78, 5) is 41.3. The highest BCUT2D eigenvalue weighted by Crippen LogP contribution is 2.39. The quantitative estimate of drug-likeness (QED) is 0.101. The number of thioether (sulfide) groups is 1. The van der Waals surface area contributed by atoms with Crippen LogP contribution in [0.2, 0.25) is 5.02 Å². The van der Waals surface area contributed by atoms with Gasteiger partial charge in [0.1, 0.15) is 10.9 Å². The third-order valence-electron chi connectivity index (χ3n) is 6.60. The van der Waals surface area contributed by atoms with Crippen molar-refractivity contribution in [2.24, 2.45) is 0 Å². The molecular formula is C35H25ClF3N3O3S2. The van der Waals surface area contributed by atoms with E-state index < -0.39 is 34.7 Å². The third-order valence-corrected chi connectivity index (χ3v) is 8.99. The van der Waals surface area contributed by atoms with Crippen molar-refractivity contribution in [1.29, 1.82) is 0 Å². The lowest BCUT2D eigenvalue weighted by Gasteiger charge is -2.19. The zero-order valence-corrected chi connectivity index (χ0v) is 26.6. The highest BCUT2D eigenvalue weighted by atomic mass is 35.5. The van der Waals surface area contributed by atoms with Gasteiger partial charge in [-0.05, 0) is 71.6 Å². The molecule has 5 rings (SSSR count). The summed E-state index contributed by atoms with van der Waals surface area (Å²) in [6.45, 7) is 0. The van der Waals surface area contributed by atoms with E-state index in [1.54, 1.807) is 91.0 Å². The molecule has 0 aliphatic carbocycles. The molecule has 6 nitrogen and oxygen atoms in total. The molecule has 0 radical (unpaired) electrons. The molecule has 238 valence electrons. The molecule has 1 heterocycles. The summed E-state index contributed by atoms with van der Waals surface area (Å²) in [6.07, 6.45) is -3.04. The Labute approximate surface area is 281 Å². The van der Waals surface area contributed by atoms with Crippen molar-refractivity contribution < 1.29 is 27.6 Å². The van der Waals surface area contributed by atoms with E-state index in [4.69, 9.17) is 11.6 Å². The molecule has 1 atom stereocenters. The molecule has 1 unspecified atom stereocenters. The lowest BCUT2D eigenvalue weighted by molar-refractivity contribution is -0.137. The number of benzene rings is 4. The number of halogens is 4. The van der Waals surface area contributed by atoms with Crippen LogP contribution < -0.4 is 16.0 Å². The summed E-state index contributed by atoms with van der Waals surface area (Å²) in [6, 6.07) is 30.3. The van der Waals surface area contributed by atoms with Crippen molar-refractivity contribution in [2.45, 2.75) is 16.3 Å². The highest BCUT2D eigenvalue weighted by molar-refractivity contribution is 8.00. The molecule has 5 aromatic rings. The number of carbonyl (C=O) groups is 3. The van der Waals surface area contributed by atoms with Crippen molar-refractivity contribution in [3.8, 4) is 0 Å². The number of amides is 3. The largest absolute Gasteiger partial charge is 0.416 e. The molecule has 0 spiro atoms. The number of thiophene rings is 1. The van der Waals surface area contributed by atoms with Gasteiger partial charge >= 0.3 is 6.18 Å². The van der Waals surface area contributed by atoms with Crippen molar-refractivity contribution >= 4 is 69.9 Å². The summed E-state index contributed by atoms with van der Waals surface area (Å²) < 4.78 is 40.0. The standard InChI is InChI=1S/C35H25ClF3N3O3S2/c36-28-17-16-24(35(37,38)39)19-29(28)41-34(45)31(22-9-3-1-4-10-22)47-27-14-7-13-25(20-27)40-33(44)30(21-26-15-8-18-46-26)42-32(43)23-11-5-2-6-12-23/h1-21,31H,(H,40,44)(H,41,45)(H,42,43)/b30-21-. The maximum absolute atomic E-state index is 13.6. The van der Waals surface area contributed by atoms with Gasteiger partial charge in [-0.1, -0.05) is 72.3 Å². The van der Waals surface area contributed by atoms with Crippen LogP contribution >= 0.6 is 34.7 Å².